The minimum Gasteiger partial charge on any atom is -0.396 e. The third-order valence-corrected chi connectivity index (χ3v) is 2.98. The molecule has 1 spiro atoms. The number of aliphatic hydroxyl groups is 1. The molecule has 2 rings (SSSR count). The van der Waals surface area contributed by atoms with Gasteiger partial charge in [-0.05, 0) is 19.3 Å². The summed E-state index contributed by atoms with van der Waals surface area (Å²) in [7, 11) is 0. The molecule has 1 heterocycles. The van der Waals surface area contributed by atoms with Crippen molar-refractivity contribution in [2.45, 2.75) is 50.4 Å². The van der Waals surface area contributed by atoms with Gasteiger partial charge in [-0.3, -0.25) is 0 Å². The van der Waals surface area contributed by atoms with Crippen LogP contribution < -0.4 is 0 Å². The molecular formula is C10H18O3. The van der Waals surface area contributed by atoms with Gasteiger partial charge in [-0.1, -0.05) is 6.42 Å². The van der Waals surface area contributed by atoms with Crippen molar-refractivity contribution >= 4 is 0 Å². The van der Waals surface area contributed by atoms with Gasteiger partial charge in [-0.25, -0.2) is 0 Å². The van der Waals surface area contributed by atoms with Crippen molar-refractivity contribution in [1.29, 1.82) is 0 Å². The van der Waals surface area contributed by atoms with Crippen LogP contribution in [0.5, 0.6) is 0 Å². The van der Waals surface area contributed by atoms with Gasteiger partial charge in [0.05, 0.1) is 12.7 Å². The van der Waals surface area contributed by atoms with E-state index in [4.69, 9.17) is 14.6 Å². The van der Waals surface area contributed by atoms with Gasteiger partial charge in [0, 0.05) is 19.4 Å². The SMILES string of the molecule is OCC[C@H]1COC2(CCCCC2)O1. The van der Waals surface area contributed by atoms with Crippen LogP contribution in [0.2, 0.25) is 0 Å². The van der Waals surface area contributed by atoms with Crippen molar-refractivity contribution in [3.8, 4) is 0 Å². The molecule has 3 heteroatoms. The number of aliphatic hydroxyl groups excluding tert-OH is 1. The van der Waals surface area contributed by atoms with Crippen molar-refractivity contribution in [3.05, 3.63) is 0 Å². The summed E-state index contributed by atoms with van der Waals surface area (Å²) in [5.74, 6) is -0.266. The standard InChI is InChI=1S/C10H18O3/c11-7-4-9-8-12-10(13-9)5-2-1-3-6-10/h9,11H,1-8H2/t9-/m0/s1. The van der Waals surface area contributed by atoms with E-state index in [1.54, 1.807) is 0 Å². The lowest BCUT2D eigenvalue weighted by Gasteiger charge is -2.31. The molecular weight excluding hydrogens is 168 g/mol. The number of rotatable bonds is 2. The Morgan fingerprint density at radius 3 is 2.69 bits per heavy atom. The van der Waals surface area contributed by atoms with Crippen LogP contribution in [-0.2, 0) is 9.47 Å². The van der Waals surface area contributed by atoms with E-state index in [1.807, 2.05) is 0 Å². The van der Waals surface area contributed by atoms with E-state index in [1.165, 1.54) is 19.3 Å². The van der Waals surface area contributed by atoms with Gasteiger partial charge in [0.2, 0.25) is 0 Å². The Morgan fingerprint density at radius 1 is 1.23 bits per heavy atom. The van der Waals surface area contributed by atoms with Crippen LogP contribution in [0.4, 0.5) is 0 Å². The third-order valence-electron chi connectivity index (χ3n) is 2.98. The molecule has 1 atom stereocenters. The van der Waals surface area contributed by atoms with Gasteiger partial charge in [-0.15, -0.1) is 0 Å². The molecule has 1 aliphatic carbocycles. The highest BCUT2D eigenvalue weighted by Gasteiger charge is 2.41. The van der Waals surface area contributed by atoms with E-state index in [0.29, 0.717) is 13.0 Å². The zero-order valence-corrected chi connectivity index (χ0v) is 8.00. The topological polar surface area (TPSA) is 38.7 Å². The molecule has 1 saturated carbocycles. The van der Waals surface area contributed by atoms with Crippen LogP contribution in [0.25, 0.3) is 0 Å². The Bertz CT molecular complexity index is 164. The summed E-state index contributed by atoms with van der Waals surface area (Å²) in [6.07, 6.45) is 6.64. The van der Waals surface area contributed by atoms with Crippen molar-refractivity contribution < 1.29 is 14.6 Å². The van der Waals surface area contributed by atoms with E-state index < -0.39 is 0 Å². The number of hydrogen-bond donors (Lipinski definition) is 1. The zero-order valence-electron chi connectivity index (χ0n) is 8.00. The third kappa shape index (κ3) is 2.03. The molecule has 0 radical (unpaired) electrons. The van der Waals surface area contributed by atoms with E-state index in [0.717, 1.165) is 12.8 Å². The summed E-state index contributed by atoms with van der Waals surface area (Å²) in [6.45, 7) is 0.866. The van der Waals surface area contributed by atoms with Gasteiger partial charge < -0.3 is 14.6 Å². The molecule has 0 aromatic heterocycles. The fourth-order valence-corrected chi connectivity index (χ4v) is 2.26. The van der Waals surface area contributed by atoms with Gasteiger partial charge in [0.1, 0.15) is 0 Å². The second kappa shape index (κ2) is 3.95. The van der Waals surface area contributed by atoms with Crippen molar-refractivity contribution in [2.75, 3.05) is 13.2 Å². The van der Waals surface area contributed by atoms with E-state index in [2.05, 4.69) is 0 Å². The predicted octanol–water partition coefficient (Wildman–Crippen LogP) is 1.44. The molecule has 3 nitrogen and oxygen atoms in total. The van der Waals surface area contributed by atoms with Gasteiger partial charge in [0.15, 0.2) is 5.79 Å². The van der Waals surface area contributed by atoms with Gasteiger partial charge >= 0.3 is 0 Å². The van der Waals surface area contributed by atoms with E-state index in [9.17, 15) is 0 Å². The van der Waals surface area contributed by atoms with E-state index in [-0.39, 0.29) is 18.5 Å². The average molecular weight is 186 g/mol. The second-order valence-corrected chi connectivity index (χ2v) is 4.03. The first-order valence-corrected chi connectivity index (χ1v) is 5.27. The maximum atomic E-state index is 8.78. The van der Waals surface area contributed by atoms with Crippen LogP contribution in [0.1, 0.15) is 38.5 Å². The summed E-state index contributed by atoms with van der Waals surface area (Å²) in [5.41, 5.74) is 0. The highest BCUT2D eigenvalue weighted by Crippen LogP contribution is 2.38. The highest BCUT2D eigenvalue weighted by atomic mass is 16.7. The molecule has 13 heavy (non-hydrogen) atoms. The number of hydrogen-bond acceptors (Lipinski definition) is 3. The molecule has 0 amide bonds. The minimum atomic E-state index is -0.266. The van der Waals surface area contributed by atoms with Crippen LogP contribution in [-0.4, -0.2) is 30.2 Å². The monoisotopic (exact) mass is 186 g/mol. The first kappa shape index (κ1) is 9.44. The fourth-order valence-electron chi connectivity index (χ4n) is 2.26. The molecule has 1 saturated heterocycles. The predicted molar refractivity (Wildman–Crippen MR) is 48.3 cm³/mol. The Hall–Kier alpha value is -0.120. The molecule has 2 fully saturated rings. The second-order valence-electron chi connectivity index (χ2n) is 4.03. The fraction of sp³-hybridized carbons (Fsp3) is 1.00. The quantitative estimate of drug-likeness (QED) is 0.709. The van der Waals surface area contributed by atoms with E-state index >= 15 is 0 Å². The molecule has 0 bridgehead atoms. The van der Waals surface area contributed by atoms with Gasteiger partial charge in [0.25, 0.3) is 0 Å². The first-order chi connectivity index (χ1) is 6.35. The maximum Gasteiger partial charge on any atom is 0.168 e. The molecule has 0 aromatic rings. The summed E-state index contributed by atoms with van der Waals surface area (Å²) in [4.78, 5) is 0. The normalized spacial score (nSPS) is 32.5. The Labute approximate surface area is 79.0 Å². The van der Waals surface area contributed by atoms with Crippen molar-refractivity contribution in [3.63, 3.8) is 0 Å². The van der Waals surface area contributed by atoms with Crippen LogP contribution >= 0.6 is 0 Å². The molecule has 1 N–H and O–H groups in total. The molecule has 0 unspecified atom stereocenters. The summed E-state index contributed by atoms with van der Waals surface area (Å²) in [6, 6.07) is 0. The zero-order chi connectivity index (χ0) is 9.15. The highest BCUT2D eigenvalue weighted by molar-refractivity contribution is 4.82. The Morgan fingerprint density at radius 2 is 2.00 bits per heavy atom. The van der Waals surface area contributed by atoms with Crippen LogP contribution in [0.3, 0.4) is 0 Å². The molecule has 2 aliphatic rings. The van der Waals surface area contributed by atoms with Crippen molar-refractivity contribution in [1.82, 2.24) is 0 Å². The lowest BCUT2D eigenvalue weighted by molar-refractivity contribution is -0.187. The largest absolute Gasteiger partial charge is 0.396 e. The van der Waals surface area contributed by atoms with Crippen molar-refractivity contribution in [2.24, 2.45) is 0 Å². The lowest BCUT2D eigenvalue weighted by atomic mass is 9.94. The smallest absolute Gasteiger partial charge is 0.168 e. The number of ether oxygens (including phenoxy) is 2. The molecule has 0 aromatic carbocycles. The summed E-state index contributed by atoms with van der Waals surface area (Å²) in [5, 5.41) is 8.78. The average Bonchev–Trinajstić information content (AvgIpc) is 2.51. The van der Waals surface area contributed by atoms with Crippen LogP contribution in [0.15, 0.2) is 0 Å². The Balaban J connectivity index is 1.87. The minimum absolute atomic E-state index is 0.128. The summed E-state index contributed by atoms with van der Waals surface area (Å²) >= 11 is 0. The molecule has 76 valence electrons. The maximum absolute atomic E-state index is 8.78. The summed E-state index contributed by atoms with van der Waals surface area (Å²) < 4.78 is 11.6. The Kier molecular flexibility index (Phi) is 2.86. The lowest BCUT2D eigenvalue weighted by Crippen LogP contribution is -2.33. The molecule has 1 aliphatic heterocycles. The van der Waals surface area contributed by atoms with Gasteiger partial charge in [-0.2, -0.15) is 0 Å². The van der Waals surface area contributed by atoms with Crippen LogP contribution in [0, 0.1) is 0 Å². The first-order valence-electron chi connectivity index (χ1n) is 5.27.